The van der Waals surface area contributed by atoms with Crippen molar-refractivity contribution < 1.29 is 19.5 Å². The maximum atomic E-state index is 12.0. The molecule has 0 saturated carbocycles. The van der Waals surface area contributed by atoms with Crippen molar-refractivity contribution in [1.29, 1.82) is 0 Å². The third-order valence-corrected chi connectivity index (χ3v) is 4.27. The predicted octanol–water partition coefficient (Wildman–Crippen LogP) is 1.84. The van der Waals surface area contributed by atoms with Crippen molar-refractivity contribution in [1.82, 2.24) is 4.90 Å². The highest BCUT2D eigenvalue weighted by molar-refractivity contribution is 8.00. The standard InChI is InChI=1S/C13H13NO4S/c1-2-10(13(17)18)19-7-14-11(15)8-5-3-4-6-9(8)12(14)16/h3-6,10H,2,7H2,1H3,(H,17,18). The van der Waals surface area contributed by atoms with Gasteiger partial charge in [0, 0.05) is 0 Å². The molecule has 2 rings (SSSR count). The zero-order valence-electron chi connectivity index (χ0n) is 10.3. The molecule has 0 radical (unpaired) electrons. The average molecular weight is 279 g/mol. The van der Waals surface area contributed by atoms with Crippen molar-refractivity contribution >= 4 is 29.5 Å². The van der Waals surface area contributed by atoms with Gasteiger partial charge < -0.3 is 5.11 Å². The minimum Gasteiger partial charge on any atom is -0.480 e. The molecule has 1 heterocycles. The third kappa shape index (κ3) is 2.49. The zero-order valence-corrected chi connectivity index (χ0v) is 11.1. The highest BCUT2D eigenvalue weighted by atomic mass is 32.2. The van der Waals surface area contributed by atoms with Crippen LogP contribution < -0.4 is 0 Å². The number of thioether (sulfide) groups is 1. The van der Waals surface area contributed by atoms with Crippen LogP contribution in [-0.2, 0) is 4.79 Å². The first-order chi connectivity index (χ1) is 9.06. The van der Waals surface area contributed by atoms with E-state index in [4.69, 9.17) is 5.11 Å². The van der Waals surface area contributed by atoms with E-state index in [1.54, 1.807) is 31.2 Å². The lowest BCUT2D eigenvalue weighted by Gasteiger charge is -2.16. The lowest BCUT2D eigenvalue weighted by Crippen LogP contribution is -2.31. The average Bonchev–Trinajstić information content (AvgIpc) is 2.64. The van der Waals surface area contributed by atoms with Crippen LogP contribution in [0.4, 0.5) is 0 Å². The number of aliphatic carboxylic acids is 1. The van der Waals surface area contributed by atoms with E-state index >= 15 is 0 Å². The first-order valence-electron chi connectivity index (χ1n) is 5.86. The first kappa shape index (κ1) is 13.6. The Morgan fingerprint density at radius 3 is 2.21 bits per heavy atom. The Kier molecular flexibility index (Phi) is 3.90. The predicted molar refractivity (Wildman–Crippen MR) is 71.1 cm³/mol. The summed E-state index contributed by atoms with van der Waals surface area (Å²) in [6, 6.07) is 6.61. The third-order valence-electron chi connectivity index (χ3n) is 2.93. The number of hydrogen-bond acceptors (Lipinski definition) is 4. The fourth-order valence-corrected chi connectivity index (χ4v) is 2.83. The summed E-state index contributed by atoms with van der Waals surface area (Å²) in [7, 11) is 0. The number of carbonyl (C=O) groups excluding carboxylic acids is 2. The quantitative estimate of drug-likeness (QED) is 0.832. The van der Waals surface area contributed by atoms with E-state index in [2.05, 4.69) is 0 Å². The number of benzene rings is 1. The molecule has 0 spiro atoms. The Morgan fingerprint density at radius 2 is 1.79 bits per heavy atom. The second-order valence-corrected chi connectivity index (χ2v) is 5.28. The second-order valence-electron chi connectivity index (χ2n) is 4.11. The van der Waals surface area contributed by atoms with Gasteiger partial charge in [0.2, 0.25) is 0 Å². The fraction of sp³-hybridized carbons (Fsp3) is 0.308. The molecular weight excluding hydrogens is 266 g/mol. The normalized spacial score (nSPS) is 15.5. The Morgan fingerprint density at radius 1 is 1.26 bits per heavy atom. The van der Waals surface area contributed by atoms with Crippen LogP contribution >= 0.6 is 11.8 Å². The summed E-state index contributed by atoms with van der Waals surface area (Å²) in [5, 5.41) is 8.34. The van der Waals surface area contributed by atoms with Gasteiger partial charge in [-0.15, -0.1) is 11.8 Å². The van der Waals surface area contributed by atoms with Crippen LogP contribution in [0.5, 0.6) is 0 Å². The van der Waals surface area contributed by atoms with Gasteiger partial charge >= 0.3 is 5.97 Å². The molecule has 6 heteroatoms. The number of nitrogens with zero attached hydrogens (tertiary/aromatic N) is 1. The zero-order chi connectivity index (χ0) is 14.0. The molecule has 0 aliphatic carbocycles. The smallest absolute Gasteiger partial charge is 0.316 e. The van der Waals surface area contributed by atoms with E-state index < -0.39 is 11.2 Å². The van der Waals surface area contributed by atoms with Gasteiger partial charge in [0.1, 0.15) is 5.25 Å². The lowest BCUT2D eigenvalue weighted by molar-refractivity contribution is -0.136. The monoisotopic (exact) mass is 279 g/mol. The maximum absolute atomic E-state index is 12.0. The fourth-order valence-electron chi connectivity index (χ4n) is 1.88. The SMILES string of the molecule is CCC(SCN1C(=O)c2ccccc2C1=O)C(=O)O. The van der Waals surface area contributed by atoms with E-state index in [0.29, 0.717) is 17.5 Å². The highest BCUT2D eigenvalue weighted by Gasteiger charge is 2.35. The summed E-state index contributed by atoms with van der Waals surface area (Å²) in [6.45, 7) is 1.76. The highest BCUT2D eigenvalue weighted by Crippen LogP contribution is 2.26. The molecule has 1 aliphatic heterocycles. The Bertz CT molecular complexity index is 508. The summed E-state index contributed by atoms with van der Waals surface area (Å²) in [6.07, 6.45) is 0.448. The largest absolute Gasteiger partial charge is 0.480 e. The van der Waals surface area contributed by atoms with Crippen molar-refractivity contribution in [2.75, 3.05) is 5.88 Å². The topological polar surface area (TPSA) is 74.7 Å². The van der Waals surface area contributed by atoms with Crippen molar-refractivity contribution in [2.45, 2.75) is 18.6 Å². The van der Waals surface area contributed by atoms with E-state index in [-0.39, 0.29) is 17.7 Å². The molecule has 1 N–H and O–H groups in total. The van der Waals surface area contributed by atoms with Crippen molar-refractivity contribution in [3.8, 4) is 0 Å². The number of hydrogen-bond donors (Lipinski definition) is 1. The number of imide groups is 1. The van der Waals surface area contributed by atoms with Crippen LogP contribution in [0.1, 0.15) is 34.1 Å². The summed E-state index contributed by atoms with van der Waals surface area (Å²) in [5.74, 6) is -1.57. The molecular formula is C13H13NO4S. The summed E-state index contributed by atoms with van der Waals surface area (Å²) >= 11 is 1.09. The van der Waals surface area contributed by atoms with Crippen LogP contribution in [0, 0.1) is 0 Å². The first-order valence-corrected chi connectivity index (χ1v) is 6.90. The molecule has 1 aliphatic rings. The Balaban J connectivity index is 2.10. The van der Waals surface area contributed by atoms with Gasteiger partial charge in [-0.1, -0.05) is 19.1 Å². The minimum atomic E-state index is -0.927. The van der Waals surface area contributed by atoms with Gasteiger partial charge in [0.15, 0.2) is 0 Å². The molecule has 2 amide bonds. The molecule has 1 unspecified atom stereocenters. The molecule has 19 heavy (non-hydrogen) atoms. The molecule has 0 bridgehead atoms. The van der Waals surface area contributed by atoms with Crippen LogP contribution in [0.25, 0.3) is 0 Å². The van der Waals surface area contributed by atoms with Gasteiger partial charge in [-0.25, -0.2) is 0 Å². The second kappa shape index (κ2) is 5.44. The van der Waals surface area contributed by atoms with Crippen LogP contribution in [0.2, 0.25) is 0 Å². The van der Waals surface area contributed by atoms with E-state index in [1.165, 1.54) is 0 Å². The van der Waals surface area contributed by atoms with Crippen LogP contribution in [0.3, 0.4) is 0 Å². The summed E-state index contributed by atoms with van der Waals surface area (Å²) in [5.41, 5.74) is 0.771. The number of fused-ring (bicyclic) bond motifs is 1. The molecule has 1 aromatic rings. The maximum Gasteiger partial charge on any atom is 0.316 e. The molecule has 5 nitrogen and oxygen atoms in total. The summed E-state index contributed by atoms with van der Waals surface area (Å²) < 4.78 is 0. The Labute approximate surface area is 114 Å². The van der Waals surface area contributed by atoms with Crippen LogP contribution in [0.15, 0.2) is 24.3 Å². The van der Waals surface area contributed by atoms with E-state index in [1.807, 2.05) is 0 Å². The number of rotatable bonds is 5. The number of carboxylic acid groups (broad SMARTS) is 1. The number of carboxylic acids is 1. The lowest BCUT2D eigenvalue weighted by atomic mass is 10.1. The molecule has 1 atom stereocenters. The van der Waals surface area contributed by atoms with Crippen molar-refractivity contribution in [2.24, 2.45) is 0 Å². The van der Waals surface area contributed by atoms with E-state index in [9.17, 15) is 14.4 Å². The molecule has 0 fully saturated rings. The van der Waals surface area contributed by atoms with Gasteiger partial charge in [-0.05, 0) is 18.6 Å². The minimum absolute atomic E-state index is 0.0666. The van der Waals surface area contributed by atoms with Crippen molar-refractivity contribution in [3.05, 3.63) is 35.4 Å². The number of amides is 2. The van der Waals surface area contributed by atoms with Gasteiger partial charge in [-0.3, -0.25) is 19.3 Å². The van der Waals surface area contributed by atoms with E-state index in [0.717, 1.165) is 16.7 Å². The Hall–Kier alpha value is -1.82. The number of carbonyl (C=O) groups is 3. The summed E-state index contributed by atoms with van der Waals surface area (Å²) in [4.78, 5) is 36.0. The van der Waals surface area contributed by atoms with Crippen molar-refractivity contribution in [3.63, 3.8) is 0 Å². The molecule has 0 aromatic heterocycles. The van der Waals surface area contributed by atoms with Gasteiger partial charge in [0.05, 0.1) is 17.0 Å². The van der Waals surface area contributed by atoms with Gasteiger partial charge in [-0.2, -0.15) is 0 Å². The van der Waals surface area contributed by atoms with Gasteiger partial charge in [0.25, 0.3) is 11.8 Å². The molecule has 100 valence electrons. The molecule has 0 saturated heterocycles. The van der Waals surface area contributed by atoms with Crippen LogP contribution in [-0.4, -0.2) is 38.9 Å². The molecule has 1 aromatic carbocycles.